The Hall–Kier alpha value is -1.51. The van der Waals surface area contributed by atoms with E-state index in [1.807, 2.05) is 6.07 Å². The maximum atomic E-state index is 11.0. The van der Waals surface area contributed by atoms with Crippen LogP contribution in [0.3, 0.4) is 0 Å². The van der Waals surface area contributed by atoms with Crippen LogP contribution in [-0.2, 0) is 6.42 Å². The van der Waals surface area contributed by atoms with Gasteiger partial charge in [0.1, 0.15) is 11.3 Å². The summed E-state index contributed by atoms with van der Waals surface area (Å²) in [6.07, 6.45) is 15.3. The molecule has 0 radical (unpaired) electrons. The van der Waals surface area contributed by atoms with Gasteiger partial charge in [-0.15, -0.1) is 0 Å². The lowest BCUT2D eigenvalue weighted by atomic mass is 10.0. The molecule has 3 nitrogen and oxygen atoms in total. The molecular formula is C20H32O3. The summed E-state index contributed by atoms with van der Waals surface area (Å²) in [4.78, 5) is 11.0. The van der Waals surface area contributed by atoms with Gasteiger partial charge < -0.3 is 10.2 Å². The number of rotatable bonds is 13. The van der Waals surface area contributed by atoms with Crippen LogP contribution in [0, 0.1) is 0 Å². The number of phenols is 1. The average Bonchev–Trinajstić information content (AvgIpc) is 2.53. The highest BCUT2D eigenvalue weighted by molar-refractivity contribution is 5.90. The third kappa shape index (κ3) is 8.63. The summed E-state index contributed by atoms with van der Waals surface area (Å²) in [6, 6.07) is 4.89. The summed E-state index contributed by atoms with van der Waals surface area (Å²) in [5.41, 5.74) is 1.00. The minimum Gasteiger partial charge on any atom is -0.507 e. The van der Waals surface area contributed by atoms with Gasteiger partial charge in [0.2, 0.25) is 0 Å². The van der Waals surface area contributed by atoms with Crippen LogP contribution in [0.25, 0.3) is 0 Å². The van der Waals surface area contributed by atoms with Crippen molar-refractivity contribution in [2.24, 2.45) is 0 Å². The quantitative estimate of drug-likeness (QED) is 0.442. The maximum absolute atomic E-state index is 11.0. The van der Waals surface area contributed by atoms with E-state index in [4.69, 9.17) is 5.11 Å². The molecule has 0 unspecified atom stereocenters. The Kier molecular flexibility index (Phi) is 10.2. The Morgan fingerprint density at radius 2 is 1.39 bits per heavy atom. The predicted molar refractivity (Wildman–Crippen MR) is 95.2 cm³/mol. The highest BCUT2D eigenvalue weighted by atomic mass is 16.4. The van der Waals surface area contributed by atoms with Crippen LogP contribution >= 0.6 is 0 Å². The van der Waals surface area contributed by atoms with E-state index in [1.54, 1.807) is 6.07 Å². The normalized spacial score (nSPS) is 10.8. The van der Waals surface area contributed by atoms with Crippen molar-refractivity contribution in [1.82, 2.24) is 0 Å². The topological polar surface area (TPSA) is 57.5 Å². The molecule has 0 atom stereocenters. The first-order valence-corrected chi connectivity index (χ1v) is 9.20. The van der Waals surface area contributed by atoms with Gasteiger partial charge in [-0.3, -0.25) is 0 Å². The standard InChI is InChI=1S/C20H32O3/c1-2-3-4-5-6-7-8-9-10-11-12-13-17-14-15-19(21)18(16-17)20(22)23/h14-16,21H,2-13H2,1H3,(H,22,23). The van der Waals surface area contributed by atoms with Gasteiger partial charge >= 0.3 is 5.97 Å². The molecule has 23 heavy (non-hydrogen) atoms. The Bertz CT molecular complexity index is 454. The Labute approximate surface area is 140 Å². The van der Waals surface area contributed by atoms with Crippen molar-refractivity contribution in [2.75, 3.05) is 0 Å². The minimum atomic E-state index is -1.07. The fourth-order valence-electron chi connectivity index (χ4n) is 2.90. The Balaban J connectivity index is 2.05. The van der Waals surface area contributed by atoms with Crippen molar-refractivity contribution < 1.29 is 15.0 Å². The van der Waals surface area contributed by atoms with Crippen molar-refractivity contribution in [3.05, 3.63) is 29.3 Å². The fourth-order valence-corrected chi connectivity index (χ4v) is 2.90. The molecule has 0 spiro atoms. The van der Waals surface area contributed by atoms with Gasteiger partial charge in [-0.1, -0.05) is 77.2 Å². The Morgan fingerprint density at radius 3 is 1.91 bits per heavy atom. The molecule has 0 heterocycles. The fraction of sp³-hybridized carbons (Fsp3) is 0.650. The highest BCUT2D eigenvalue weighted by Gasteiger charge is 2.09. The van der Waals surface area contributed by atoms with Crippen LogP contribution in [-0.4, -0.2) is 16.2 Å². The third-order valence-corrected chi connectivity index (χ3v) is 4.36. The molecule has 1 aromatic carbocycles. The summed E-state index contributed by atoms with van der Waals surface area (Å²) < 4.78 is 0. The van der Waals surface area contributed by atoms with Crippen LogP contribution in [0.5, 0.6) is 5.75 Å². The number of carboxylic acids is 1. The molecule has 0 saturated carbocycles. The minimum absolute atomic E-state index is 0.00516. The molecule has 0 fully saturated rings. The van der Waals surface area contributed by atoms with Crippen LogP contribution in [0.4, 0.5) is 0 Å². The third-order valence-electron chi connectivity index (χ3n) is 4.36. The van der Waals surface area contributed by atoms with Gasteiger partial charge in [-0.25, -0.2) is 4.79 Å². The van der Waals surface area contributed by atoms with Gasteiger partial charge in [0.25, 0.3) is 0 Å². The van der Waals surface area contributed by atoms with Gasteiger partial charge in [0, 0.05) is 0 Å². The molecule has 0 amide bonds. The average molecular weight is 320 g/mol. The second-order valence-electron chi connectivity index (χ2n) is 6.44. The van der Waals surface area contributed by atoms with Crippen LogP contribution in [0.2, 0.25) is 0 Å². The molecule has 130 valence electrons. The molecule has 1 aromatic rings. The SMILES string of the molecule is CCCCCCCCCCCCCc1ccc(O)c(C(=O)O)c1. The summed E-state index contributed by atoms with van der Waals surface area (Å²) in [5, 5.41) is 18.5. The molecule has 1 rings (SSSR count). The zero-order valence-electron chi connectivity index (χ0n) is 14.5. The molecule has 0 aliphatic rings. The van der Waals surface area contributed by atoms with Crippen molar-refractivity contribution in [3.8, 4) is 5.75 Å². The molecule has 0 aliphatic carbocycles. The summed E-state index contributed by atoms with van der Waals surface area (Å²) in [7, 11) is 0. The lowest BCUT2D eigenvalue weighted by molar-refractivity contribution is 0.0693. The van der Waals surface area contributed by atoms with E-state index in [-0.39, 0.29) is 11.3 Å². The van der Waals surface area contributed by atoms with Gasteiger partial charge in [0.15, 0.2) is 0 Å². The smallest absolute Gasteiger partial charge is 0.339 e. The van der Waals surface area contributed by atoms with Crippen LogP contribution in [0.15, 0.2) is 18.2 Å². The lowest BCUT2D eigenvalue weighted by Crippen LogP contribution is -1.98. The summed E-state index contributed by atoms with van der Waals surface area (Å²) in [6.45, 7) is 2.25. The Morgan fingerprint density at radius 1 is 0.870 bits per heavy atom. The molecule has 2 N–H and O–H groups in total. The van der Waals surface area contributed by atoms with Crippen molar-refractivity contribution in [3.63, 3.8) is 0 Å². The number of aryl methyl sites for hydroxylation is 1. The second-order valence-corrected chi connectivity index (χ2v) is 6.44. The largest absolute Gasteiger partial charge is 0.507 e. The van der Waals surface area contributed by atoms with Gasteiger partial charge in [-0.05, 0) is 30.5 Å². The molecule has 0 saturated heterocycles. The highest BCUT2D eigenvalue weighted by Crippen LogP contribution is 2.20. The van der Waals surface area contributed by atoms with Gasteiger partial charge in [-0.2, -0.15) is 0 Å². The molecule has 0 aliphatic heterocycles. The van der Waals surface area contributed by atoms with E-state index in [1.165, 1.54) is 70.3 Å². The second kappa shape index (κ2) is 12.0. The molecule has 0 bridgehead atoms. The van der Waals surface area contributed by atoms with E-state index < -0.39 is 5.97 Å². The number of aromatic hydroxyl groups is 1. The number of hydrogen-bond donors (Lipinski definition) is 2. The molecular weight excluding hydrogens is 288 g/mol. The number of carbonyl (C=O) groups is 1. The van der Waals surface area contributed by atoms with Crippen LogP contribution < -0.4 is 0 Å². The van der Waals surface area contributed by atoms with Gasteiger partial charge in [0.05, 0.1) is 0 Å². The number of hydrogen-bond acceptors (Lipinski definition) is 2. The van der Waals surface area contributed by atoms with E-state index in [0.717, 1.165) is 18.4 Å². The maximum Gasteiger partial charge on any atom is 0.339 e. The number of aromatic carboxylic acids is 1. The zero-order chi connectivity index (χ0) is 16.9. The number of unbranched alkanes of at least 4 members (excludes halogenated alkanes) is 10. The first-order valence-electron chi connectivity index (χ1n) is 9.20. The number of carboxylic acid groups (broad SMARTS) is 1. The van der Waals surface area contributed by atoms with Crippen LogP contribution in [0.1, 0.15) is 93.5 Å². The predicted octanol–water partition coefficient (Wildman–Crippen LogP) is 5.94. The molecule has 3 heteroatoms. The van der Waals surface area contributed by atoms with E-state index in [9.17, 15) is 9.90 Å². The lowest BCUT2D eigenvalue weighted by Gasteiger charge is -2.05. The van der Waals surface area contributed by atoms with Crippen molar-refractivity contribution in [1.29, 1.82) is 0 Å². The summed E-state index contributed by atoms with van der Waals surface area (Å²) >= 11 is 0. The molecule has 0 aromatic heterocycles. The van der Waals surface area contributed by atoms with E-state index in [0.29, 0.717) is 0 Å². The van der Waals surface area contributed by atoms with E-state index >= 15 is 0 Å². The first kappa shape index (κ1) is 19.5. The number of benzene rings is 1. The zero-order valence-corrected chi connectivity index (χ0v) is 14.5. The summed E-state index contributed by atoms with van der Waals surface area (Å²) in [5.74, 6) is -1.22. The van der Waals surface area contributed by atoms with Crippen molar-refractivity contribution >= 4 is 5.97 Å². The monoisotopic (exact) mass is 320 g/mol. The van der Waals surface area contributed by atoms with E-state index in [2.05, 4.69) is 6.92 Å². The van der Waals surface area contributed by atoms with Crippen molar-refractivity contribution in [2.45, 2.75) is 84.0 Å². The first-order chi connectivity index (χ1) is 11.1.